The van der Waals surface area contributed by atoms with Gasteiger partial charge in [0.1, 0.15) is 7.85 Å². The van der Waals surface area contributed by atoms with Gasteiger partial charge in [-0.05, 0) is 54.7 Å². The summed E-state index contributed by atoms with van der Waals surface area (Å²) in [6.07, 6.45) is 10.8. The van der Waals surface area contributed by atoms with Gasteiger partial charge in [0.25, 0.3) is 0 Å². The molecule has 1 aromatic rings. The summed E-state index contributed by atoms with van der Waals surface area (Å²) in [5.41, 5.74) is 5.51. The maximum Gasteiger partial charge on any atom is 0.107 e. The molecule has 112 valence electrons. The molecule has 1 atom stereocenters. The summed E-state index contributed by atoms with van der Waals surface area (Å²) >= 11 is 9.76. The number of halogens is 2. The Hall–Kier alpha value is -0.985. The number of hydrogen-bond donors (Lipinski definition) is 0. The van der Waals surface area contributed by atoms with Gasteiger partial charge in [-0.15, -0.1) is 5.47 Å². The lowest BCUT2D eigenvalue weighted by atomic mass is 9.66. The van der Waals surface area contributed by atoms with Crippen molar-refractivity contribution in [2.24, 2.45) is 0 Å². The van der Waals surface area contributed by atoms with Crippen LogP contribution < -0.4 is 0 Å². The Labute approximate surface area is 148 Å². The first-order chi connectivity index (χ1) is 10.3. The van der Waals surface area contributed by atoms with Crippen molar-refractivity contribution in [3.63, 3.8) is 0 Å². The van der Waals surface area contributed by atoms with E-state index < -0.39 is 0 Å². The fourth-order valence-corrected chi connectivity index (χ4v) is 3.78. The Bertz CT molecular complexity index is 709. The molecule has 0 amide bonds. The lowest BCUT2D eigenvalue weighted by Gasteiger charge is -2.35. The predicted molar refractivity (Wildman–Crippen MR) is 103 cm³/mol. The summed E-state index contributed by atoms with van der Waals surface area (Å²) < 4.78 is 1.05. The summed E-state index contributed by atoms with van der Waals surface area (Å²) in [6, 6.07) is 2.18. The SMILES string of the molecule is [B]C1=Cc2c(cc(Br)c(/C=C(\C)Cl)c2C)[C@@](C)(/C=C\C=C)C1. The van der Waals surface area contributed by atoms with Gasteiger partial charge < -0.3 is 0 Å². The van der Waals surface area contributed by atoms with E-state index in [1.807, 2.05) is 19.1 Å². The van der Waals surface area contributed by atoms with Crippen molar-refractivity contribution in [2.75, 3.05) is 0 Å². The quantitative estimate of drug-likeness (QED) is 0.433. The molecule has 0 saturated carbocycles. The minimum absolute atomic E-state index is 0.131. The second-order valence-electron chi connectivity index (χ2n) is 6.00. The Kier molecular flexibility index (Phi) is 5.24. The normalized spacial score (nSPS) is 21.7. The van der Waals surface area contributed by atoms with Gasteiger partial charge in [0.05, 0.1) is 0 Å². The zero-order valence-electron chi connectivity index (χ0n) is 13.2. The van der Waals surface area contributed by atoms with Crippen LogP contribution in [0.5, 0.6) is 0 Å². The number of hydrogen-bond acceptors (Lipinski definition) is 0. The lowest BCUT2D eigenvalue weighted by molar-refractivity contribution is 0.592. The Morgan fingerprint density at radius 1 is 1.50 bits per heavy atom. The van der Waals surface area contributed by atoms with Crippen LogP contribution >= 0.6 is 27.5 Å². The summed E-state index contributed by atoms with van der Waals surface area (Å²) in [5.74, 6) is 0. The highest BCUT2D eigenvalue weighted by atomic mass is 79.9. The Morgan fingerprint density at radius 2 is 2.18 bits per heavy atom. The van der Waals surface area contributed by atoms with Crippen LogP contribution in [0, 0.1) is 6.92 Å². The highest BCUT2D eigenvalue weighted by Crippen LogP contribution is 2.43. The number of allylic oxidation sites excluding steroid dienone is 5. The summed E-state index contributed by atoms with van der Waals surface area (Å²) in [6.45, 7) is 9.97. The van der Waals surface area contributed by atoms with E-state index in [1.54, 1.807) is 6.08 Å². The van der Waals surface area contributed by atoms with E-state index in [9.17, 15) is 0 Å². The smallest absolute Gasteiger partial charge is 0.107 e. The molecule has 0 spiro atoms. The first-order valence-corrected chi connectivity index (χ1v) is 8.39. The van der Waals surface area contributed by atoms with Crippen LogP contribution in [0.25, 0.3) is 12.2 Å². The molecular weight excluding hydrogens is 354 g/mol. The molecule has 0 nitrogen and oxygen atoms in total. The molecule has 1 aliphatic rings. The summed E-state index contributed by atoms with van der Waals surface area (Å²) in [7, 11) is 6.20. The van der Waals surface area contributed by atoms with Crippen molar-refractivity contribution < 1.29 is 0 Å². The van der Waals surface area contributed by atoms with E-state index in [1.165, 1.54) is 16.7 Å². The van der Waals surface area contributed by atoms with Crippen LogP contribution in [0.1, 0.15) is 42.5 Å². The second kappa shape index (κ2) is 6.64. The second-order valence-corrected chi connectivity index (χ2v) is 7.45. The Morgan fingerprint density at radius 3 is 2.77 bits per heavy atom. The molecule has 0 heterocycles. The summed E-state index contributed by atoms with van der Waals surface area (Å²) in [5, 5.41) is 0.755. The van der Waals surface area contributed by atoms with Crippen molar-refractivity contribution in [1.29, 1.82) is 0 Å². The van der Waals surface area contributed by atoms with E-state index in [4.69, 9.17) is 19.4 Å². The highest BCUT2D eigenvalue weighted by Gasteiger charge is 2.31. The molecule has 2 rings (SSSR count). The minimum Gasteiger partial charge on any atom is -0.116 e. The third-order valence-electron chi connectivity index (χ3n) is 4.09. The van der Waals surface area contributed by atoms with Gasteiger partial charge in [-0.3, -0.25) is 0 Å². The number of benzene rings is 1. The molecule has 22 heavy (non-hydrogen) atoms. The van der Waals surface area contributed by atoms with Gasteiger partial charge in [0, 0.05) is 14.9 Å². The minimum atomic E-state index is -0.131. The molecule has 1 aromatic carbocycles. The van der Waals surface area contributed by atoms with Gasteiger partial charge in [-0.25, -0.2) is 0 Å². The van der Waals surface area contributed by atoms with Gasteiger partial charge in [0.2, 0.25) is 0 Å². The molecule has 0 fully saturated rings. The van der Waals surface area contributed by atoms with Gasteiger partial charge in [-0.2, -0.15) is 0 Å². The van der Waals surface area contributed by atoms with E-state index in [2.05, 4.69) is 54.6 Å². The first-order valence-electron chi connectivity index (χ1n) is 7.22. The van der Waals surface area contributed by atoms with Crippen LogP contribution in [-0.2, 0) is 5.41 Å². The van der Waals surface area contributed by atoms with Crippen LogP contribution in [0.3, 0.4) is 0 Å². The molecule has 1 aliphatic carbocycles. The standard InChI is InChI=1S/C19H19BBrCl/c1-5-6-7-19(4)11-14(20)9-15-13(3)16(8-12(2)22)18(21)10-17(15)19/h5-10H,1,11H2,2-4H3/b7-6-,12-8+/t19-/m0/s1. The number of fused-ring (bicyclic) bond motifs is 1. The molecule has 2 radical (unpaired) electrons. The first kappa shape index (κ1) is 17.4. The van der Waals surface area contributed by atoms with E-state index in [-0.39, 0.29) is 5.41 Å². The fraction of sp³-hybridized carbons (Fsp3) is 0.263. The van der Waals surface area contributed by atoms with Crippen LogP contribution in [0.15, 0.2) is 45.9 Å². The zero-order valence-corrected chi connectivity index (χ0v) is 15.6. The molecule has 0 N–H and O–H groups in total. The maximum absolute atomic E-state index is 6.20. The molecule has 0 bridgehead atoms. The van der Waals surface area contributed by atoms with Gasteiger partial charge in [-0.1, -0.05) is 65.3 Å². The van der Waals surface area contributed by atoms with E-state index >= 15 is 0 Å². The van der Waals surface area contributed by atoms with Crippen molar-refractivity contribution in [3.05, 3.63) is 68.1 Å². The molecule has 0 saturated heterocycles. The fourth-order valence-electron chi connectivity index (χ4n) is 3.03. The zero-order chi connectivity index (χ0) is 16.5. The topological polar surface area (TPSA) is 0 Å². The molecule has 3 heteroatoms. The summed E-state index contributed by atoms with van der Waals surface area (Å²) in [4.78, 5) is 0. The average molecular weight is 374 g/mol. The third-order valence-corrected chi connectivity index (χ3v) is 4.85. The van der Waals surface area contributed by atoms with Crippen molar-refractivity contribution in [2.45, 2.75) is 32.6 Å². The maximum atomic E-state index is 6.20. The van der Waals surface area contributed by atoms with Crippen LogP contribution in [0.2, 0.25) is 0 Å². The van der Waals surface area contributed by atoms with Gasteiger partial charge >= 0.3 is 0 Å². The van der Waals surface area contributed by atoms with Crippen molar-refractivity contribution in [3.8, 4) is 0 Å². The van der Waals surface area contributed by atoms with Crippen molar-refractivity contribution in [1.82, 2.24) is 0 Å². The lowest BCUT2D eigenvalue weighted by Crippen LogP contribution is -2.25. The molecular formula is C19H19BBrCl. The van der Waals surface area contributed by atoms with Crippen LogP contribution in [-0.4, -0.2) is 7.85 Å². The average Bonchev–Trinajstić information content (AvgIpc) is 2.43. The van der Waals surface area contributed by atoms with E-state index in [0.717, 1.165) is 27.0 Å². The third kappa shape index (κ3) is 3.34. The van der Waals surface area contributed by atoms with Gasteiger partial charge in [0.15, 0.2) is 0 Å². The highest BCUT2D eigenvalue weighted by molar-refractivity contribution is 9.10. The molecule has 0 unspecified atom stereocenters. The molecule has 0 aromatic heterocycles. The molecule has 0 aliphatic heterocycles. The van der Waals surface area contributed by atoms with Crippen LogP contribution in [0.4, 0.5) is 0 Å². The monoisotopic (exact) mass is 372 g/mol. The van der Waals surface area contributed by atoms with E-state index in [0.29, 0.717) is 0 Å². The predicted octanol–water partition coefficient (Wildman–Crippen LogP) is 6.27. The Balaban J connectivity index is 2.76. The van der Waals surface area contributed by atoms with Crippen molar-refractivity contribution >= 4 is 47.5 Å². The number of rotatable bonds is 3. The largest absolute Gasteiger partial charge is 0.116 e.